The predicted molar refractivity (Wildman–Crippen MR) is 51.5 cm³/mol. The minimum atomic E-state index is 1.02. The summed E-state index contributed by atoms with van der Waals surface area (Å²) < 4.78 is 0. The molecule has 3 heteroatoms. The lowest BCUT2D eigenvalue weighted by Gasteiger charge is -2.25. The Bertz CT molecular complexity index is 214. The van der Waals surface area contributed by atoms with Crippen molar-refractivity contribution < 1.29 is 0 Å². The highest BCUT2D eigenvalue weighted by Gasteiger charge is 2.09. The lowest BCUT2D eigenvalue weighted by Crippen LogP contribution is -2.39. The van der Waals surface area contributed by atoms with E-state index in [0.29, 0.717) is 0 Å². The summed E-state index contributed by atoms with van der Waals surface area (Å²) in [6.45, 7) is 5.42. The van der Waals surface area contributed by atoms with Gasteiger partial charge in [0.1, 0.15) is 0 Å². The van der Waals surface area contributed by atoms with E-state index in [0.717, 1.165) is 32.7 Å². The molecular formula is C9H13N2S. The summed E-state index contributed by atoms with van der Waals surface area (Å²) in [5, 5.41) is 8.69. The van der Waals surface area contributed by atoms with Crippen molar-refractivity contribution in [3.63, 3.8) is 0 Å². The van der Waals surface area contributed by atoms with E-state index in [1.165, 1.54) is 5.56 Å². The second-order valence-electron chi connectivity index (χ2n) is 3.08. The first kappa shape index (κ1) is 8.23. The van der Waals surface area contributed by atoms with Crippen LogP contribution in [0.15, 0.2) is 16.8 Å². The van der Waals surface area contributed by atoms with Crippen molar-refractivity contribution in [1.29, 1.82) is 0 Å². The summed E-state index contributed by atoms with van der Waals surface area (Å²) in [6, 6.07) is 2.20. The number of thiophene rings is 1. The van der Waals surface area contributed by atoms with Gasteiger partial charge in [-0.2, -0.15) is 11.3 Å². The molecule has 1 aromatic heterocycles. The first-order chi connectivity index (χ1) is 5.95. The molecule has 0 unspecified atom stereocenters. The van der Waals surface area contributed by atoms with E-state index in [9.17, 15) is 0 Å². The highest BCUT2D eigenvalue weighted by molar-refractivity contribution is 7.07. The molecule has 0 atom stereocenters. The van der Waals surface area contributed by atoms with Crippen molar-refractivity contribution in [3.05, 3.63) is 22.4 Å². The van der Waals surface area contributed by atoms with Gasteiger partial charge in [0.25, 0.3) is 0 Å². The lowest BCUT2D eigenvalue weighted by molar-refractivity contribution is 0.231. The molecule has 1 saturated heterocycles. The zero-order valence-corrected chi connectivity index (χ0v) is 7.89. The zero-order valence-electron chi connectivity index (χ0n) is 7.07. The first-order valence-corrected chi connectivity index (χ1v) is 5.26. The van der Waals surface area contributed by atoms with Gasteiger partial charge in [-0.1, -0.05) is 0 Å². The zero-order chi connectivity index (χ0) is 8.23. The molecular weight excluding hydrogens is 168 g/mol. The average molecular weight is 181 g/mol. The Morgan fingerprint density at radius 1 is 1.42 bits per heavy atom. The highest BCUT2D eigenvalue weighted by Crippen LogP contribution is 2.09. The third kappa shape index (κ3) is 2.06. The van der Waals surface area contributed by atoms with Crippen LogP contribution in [-0.2, 0) is 6.54 Å². The highest BCUT2D eigenvalue weighted by atomic mass is 32.1. The molecule has 0 spiro atoms. The monoisotopic (exact) mass is 181 g/mol. The molecule has 1 fully saturated rings. The van der Waals surface area contributed by atoms with Gasteiger partial charge in [0.15, 0.2) is 0 Å². The fourth-order valence-corrected chi connectivity index (χ4v) is 2.11. The summed E-state index contributed by atoms with van der Waals surface area (Å²) >= 11 is 1.78. The van der Waals surface area contributed by atoms with Crippen LogP contribution < -0.4 is 5.32 Å². The van der Waals surface area contributed by atoms with E-state index in [-0.39, 0.29) is 0 Å². The average Bonchev–Trinajstić information content (AvgIpc) is 2.59. The maximum absolute atomic E-state index is 4.32. The Balaban J connectivity index is 1.86. The van der Waals surface area contributed by atoms with Gasteiger partial charge < -0.3 is 0 Å². The number of hydrogen-bond donors (Lipinski definition) is 0. The van der Waals surface area contributed by atoms with Crippen LogP contribution in [0.2, 0.25) is 0 Å². The molecule has 12 heavy (non-hydrogen) atoms. The molecule has 1 aromatic rings. The van der Waals surface area contributed by atoms with Gasteiger partial charge in [0.05, 0.1) is 0 Å². The molecule has 0 N–H and O–H groups in total. The Morgan fingerprint density at radius 2 is 2.25 bits per heavy atom. The number of piperazine rings is 1. The molecule has 2 heterocycles. The van der Waals surface area contributed by atoms with Crippen LogP contribution in [0.25, 0.3) is 0 Å². The third-order valence-electron chi connectivity index (χ3n) is 2.13. The molecule has 2 rings (SSSR count). The summed E-state index contributed by atoms with van der Waals surface area (Å²) in [5.74, 6) is 0. The predicted octanol–water partition coefficient (Wildman–Crippen LogP) is 1.17. The van der Waals surface area contributed by atoms with Crippen LogP contribution in [0.3, 0.4) is 0 Å². The maximum Gasteiger partial charge on any atom is 0.0261 e. The first-order valence-electron chi connectivity index (χ1n) is 4.32. The van der Waals surface area contributed by atoms with Crippen molar-refractivity contribution in [2.24, 2.45) is 0 Å². The Hall–Kier alpha value is -0.380. The van der Waals surface area contributed by atoms with Crippen molar-refractivity contribution in [1.82, 2.24) is 10.2 Å². The summed E-state index contributed by atoms with van der Waals surface area (Å²) in [5.41, 5.74) is 1.45. The SMILES string of the molecule is c1cc(CN2CC[N]CC2)cs1. The molecule has 65 valence electrons. The number of rotatable bonds is 2. The molecule has 0 aromatic carbocycles. The molecule has 1 radical (unpaired) electrons. The van der Waals surface area contributed by atoms with E-state index in [2.05, 4.69) is 27.0 Å². The quantitative estimate of drug-likeness (QED) is 0.669. The van der Waals surface area contributed by atoms with E-state index < -0.39 is 0 Å². The van der Waals surface area contributed by atoms with Crippen LogP contribution >= 0.6 is 11.3 Å². The van der Waals surface area contributed by atoms with Crippen LogP contribution in [0.5, 0.6) is 0 Å². The third-order valence-corrected chi connectivity index (χ3v) is 2.87. The second kappa shape index (κ2) is 4.03. The summed E-state index contributed by atoms with van der Waals surface area (Å²) in [6.07, 6.45) is 0. The topological polar surface area (TPSA) is 17.3 Å². The largest absolute Gasteiger partial charge is 0.296 e. The van der Waals surface area contributed by atoms with E-state index in [4.69, 9.17) is 0 Å². The Morgan fingerprint density at radius 3 is 2.92 bits per heavy atom. The normalized spacial score (nSPS) is 19.7. The molecule has 1 aliphatic rings. The summed E-state index contributed by atoms with van der Waals surface area (Å²) in [4.78, 5) is 2.47. The van der Waals surface area contributed by atoms with E-state index in [1.54, 1.807) is 11.3 Å². The molecule has 0 saturated carbocycles. The molecule has 2 nitrogen and oxygen atoms in total. The Kier molecular flexibility index (Phi) is 2.76. The number of hydrogen-bond acceptors (Lipinski definition) is 2. The van der Waals surface area contributed by atoms with Gasteiger partial charge in [0, 0.05) is 32.7 Å². The van der Waals surface area contributed by atoms with Crippen molar-refractivity contribution in [2.75, 3.05) is 26.2 Å². The van der Waals surface area contributed by atoms with Crippen molar-refractivity contribution >= 4 is 11.3 Å². The molecule has 0 aliphatic carbocycles. The lowest BCUT2D eigenvalue weighted by atomic mass is 10.3. The van der Waals surface area contributed by atoms with Gasteiger partial charge >= 0.3 is 0 Å². The standard InChI is InChI=1S/C9H13N2S/c1-6-12-8-9(1)7-11-4-2-10-3-5-11/h1,6,8H,2-5,7H2. The Labute approximate surface area is 77.2 Å². The van der Waals surface area contributed by atoms with E-state index >= 15 is 0 Å². The van der Waals surface area contributed by atoms with Crippen LogP contribution in [0, 0.1) is 0 Å². The number of nitrogens with zero attached hydrogens (tertiary/aromatic N) is 2. The molecule has 0 amide bonds. The van der Waals surface area contributed by atoms with Crippen LogP contribution in [0.4, 0.5) is 0 Å². The van der Waals surface area contributed by atoms with Crippen LogP contribution in [-0.4, -0.2) is 31.1 Å². The maximum atomic E-state index is 4.32. The van der Waals surface area contributed by atoms with Gasteiger partial charge in [-0.3, -0.25) is 4.90 Å². The fraction of sp³-hybridized carbons (Fsp3) is 0.556. The fourth-order valence-electron chi connectivity index (χ4n) is 1.45. The minimum absolute atomic E-state index is 1.02. The van der Waals surface area contributed by atoms with Gasteiger partial charge in [-0.25, -0.2) is 5.32 Å². The second-order valence-corrected chi connectivity index (χ2v) is 3.86. The van der Waals surface area contributed by atoms with Crippen molar-refractivity contribution in [3.8, 4) is 0 Å². The molecule has 0 bridgehead atoms. The molecule has 1 aliphatic heterocycles. The summed E-state index contributed by atoms with van der Waals surface area (Å²) in [7, 11) is 0. The van der Waals surface area contributed by atoms with Gasteiger partial charge in [-0.15, -0.1) is 0 Å². The van der Waals surface area contributed by atoms with Crippen LogP contribution in [0.1, 0.15) is 5.56 Å². The van der Waals surface area contributed by atoms with Gasteiger partial charge in [-0.05, 0) is 22.4 Å². The van der Waals surface area contributed by atoms with E-state index in [1.807, 2.05) is 0 Å². The minimum Gasteiger partial charge on any atom is -0.296 e. The van der Waals surface area contributed by atoms with Crippen molar-refractivity contribution in [2.45, 2.75) is 6.54 Å². The van der Waals surface area contributed by atoms with Gasteiger partial charge in [0.2, 0.25) is 0 Å². The smallest absolute Gasteiger partial charge is 0.0261 e.